The average molecular weight is 276 g/mol. The molecule has 0 radical (unpaired) electrons. The standard InChI is InChI=1S/C15H20N2O3/c1-9(2)12(15(16)20)17-13(10(3)18)14(19)11-7-5-4-6-8-11/h4-9,12-13,17H,1-3H3,(H2,16,20)/t12-,13-/m1/s1. The van der Waals surface area contributed by atoms with Crippen LogP contribution in [0.2, 0.25) is 0 Å². The van der Waals surface area contributed by atoms with E-state index in [4.69, 9.17) is 5.73 Å². The van der Waals surface area contributed by atoms with E-state index < -0.39 is 18.0 Å². The van der Waals surface area contributed by atoms with Gasteiger partial charge in [0.25, 0.3) is 0 Å². The van der Waals surface area contributed by atoms with Crippen LogP contribution in [0.3, 0.4) is 0 Å². The molecular formula is C15H20N2O3. The zero-order valence-corrected chi connectivity index (χ0v) is 11.9. The number of benzene rings is 1. The molecule has 0 bridgehead atoms. The summed E-state index contributed by atoms with van der Waals surface area (Å²) in [6.45, 7) is 4.91. The van der Waals surface area contributed by atoms with Crippen molar-refractivity contribution in [2.45, 2.75) is 32.9 Å². The zero-order valence-electron chi connectivity index (χ0n) is 11.9. The molecule has 0 aromatic heterocycles. The van der Waals surface area contributed by atoms with E-state index in [0.717, 1.165) is 0 Å². The number of hydrogen-bond donors (Lipinski definition) is 2. The fourth-order valence-corrected chi connectivity index (χ4v) is 1.93. The molecule has 3 N–H and O–H groups in total. The Hall–Kier alpha value is -2.01. The molecule has 1 aromatic rings. The van der Waals surface area contributed by atoms with Crippen LogP contribution in [0.15, 0.2) is 30.3 Å². The summed E-state index contributed by atoms with van der Waals surface area (Å²) >= 11 is 0. The van der Waals surface area contributed by atoms with Crippen molar-refractivity contribution in [1.82, 2.24) is 5.32 Å². The highest BCUT2D eigenvalue weighted by Crippen LogP contribution is 2.08. The van der Waals surface area contributed by atoms with Crippen molar-refractivity contribution < 1.29 is 14.4 Å². The second kappa shape index (κ2) is 6.96. The molecule has 1 rings (SSSR count). The van der Waals surface area contributed by atoms with Gasteiger partial charge in [0.1, 0.15) is 6.04 Å². The van der Waals surface area contributed by atoms with E-state index in [1.807, 2.05) is 0 Å². The zero-order chi connectivity index (χ0) is 15.3. The fourth-order valence-electron chi connectivity index (χ4n) is 1.93. The number of primary amides is 1. The van der Waals surface area contributed by atoms with Crippen molar-refractivity contribution in [2.24, 2.45) is 11.7 Å². The molecule has 0 unspecified atom stereocenters. The number of carbonyl (C=O) groups excluding carboxylic acids is 3. The topological polar surface area (TPSA) is 89.3 Å². The summed E-state index contributed by atoms with van der Waals surface area (Å²) in [5.74, 6) is -1.39. The first-order valence-corrected chi connectivity index (χ1v) is 6.49. The van der Waals surface area contributed by atoms with Crippen LogP contribution in [0.1, 0.15) is 31.1 Å². The average Bonchev–Trinajstić information content (AvgIpc) is 2.38. The molecule has 0 aliphatic carbocycles. The Morgan fingerprint density at radius 1 is 1.10 bits per heavy atom. The lowest BCUT2D eigenvalue weighted by Crippen LogP contribution is -2.54. The minimum atomic E-state index is -1.06. The number of nitrogens with one attached hydrogen (secondary N) is 1. The Balaban J connectivity index is 2.98. The normalized spacial score (nSPS) is 13.8. The van der Waals surface area contributed by atoms with Crippen molar-refractivity contribution in [3.8, 4) is 0 Å². The van der Waals surface area contributed by atoms with Crippen LogP contribution in [-0.2, 0) is 9.59 Å². The van der Waals surface area contributed by atoms with Crippen LogP contribution in [0.5, 0.6) is 0 Å². The summed E-state index contributed by atoms with van der Waals surface area (Å²) in [6.07, 6.45) is 0. The minimum absolute atomic E-state index is 0.113. The second-order valence-corrected chi connectivity index (χ2v) is 5.06. The molecule has 1 aromatic carbocycles. The Morgan fingerprint density at radius 2 is 1.65 bits per heavy atom. The maximum Gasteiger partial charge on any atom is 0.234 e. The molecule has 5 heteroatoms. The van der Waals surface area contributed by atoms with Crippen molar-refractivity contribution in [1.29, 1.82) is 0 Å². The van der Waals surface area contributed by atoms with Crippen LogP contribution >= 0.6 is 0 Å². The Morgan fingerprint density at radius 3 is 2.05 bits per heavy atom. The predicted octanol–water partition coefficient (Wildman–Crippen LogP) is 0.926. The quantitative estimate of drug-likeness (QED) is 0.572. The smallest absolute Gasteiger partial charge is 0.234 e. The number of Topliss-reactive ketones (excluding diaryl/α,β-unsaturated/α-hetero) is 2. The van der Waals surface area contributed by atoms with Gasteiger partial charge in [-0.15, -0.1) is 0 Å². The van der Waals surface area contributed by atoms with Gasteiger partial charge in [-0.05, 0) is 12.8 Å². The minimum Gasteiger partial charge on any atom is -0.368 e. The van der Waals surface area contributed by atoms with E-state index in [1.165, 1.54) is 6.92 Å². The third-order valence-corrected chi connectivity index (χ3v) is 3.05. The SMILES string of the molecule is CC(=O)[C@@H](N[C@@H](C(N)=O)C(C)C)C(=O)c1ccccc1. The lowest BCUT2D eigenvalue weighted by molar-refractivity contribution is -0.122. The highest BCUT2D eigenvalue weighted by molar-refractivity contribution is 6.13. The highest BCUT2D eigenvalue weighted by atomic mass is 16.2. The van der Waals surface area contributed by atoms with Crippen molar-refractivity contribution in [3.05, 3.63) is 35.9 Å². The first-order valence-electron chi connectivity index (χ1n) is 6.49. The van der Waals surface area contributed by atoms with Crippen LogP contribution in [0.4, 0.5) is 0 Å². The number of amides is 1. The number of carbonyl (C=O) groups is 3. The predicted molar refractivity (Wildman–Crippen MR) is 76.2 cm³/mol. The third-order valence-electron chi connectivity index (χ3n) is 3.05. The molecule has 5 nitrogen and oxygen atoms in total. The van der Waals surface area contributed by atoms with Crippen molar-refractivity contribution in [3.63, 3.8) is 0 Å². The third kappa shape index (κ3) is 3.99. The molecule has 0 spiro atoms. The van der Waals surface area contributed by atoms with E-state index in [2.05, 4.69) is 5.32 Å². The summed E-state index contributed by atoms with van der Waals surface area (Å²) in [5, 5.41) is 2.78. The van der Waals surface area contributed by atoms with Gasteiger partial charge in [0, 0.05) is 5.56 Å². The maximum absolute atomic E-state index is 12.3. The first kappa shape index (κ1) is 16.0. The van der Waals surface area contributed by atoms with Crippen LogP contribution < -0.4 is 11.1 Å². The molecule has 0 heterocycles. The van der Waals surface area contributed by atoms with Crippen molar-refractivity contribution in [2.75, 3.05) is 0 Å². The molecule has 108 valence electrons. The fraction of sp³-hybridized carbons (Fsp3) is 0.400. The largest absolute Gasteiger partial charge is 0.368 e. The molecule has 0 saturated heterocycles. The van der Waals surface area contributed by atoms with E-state index in [1.54, 1.807) is 44.2 Å². The lowest BCUT2D eigenvalue weighted by atomic mass is 9.97. The van der Waals surface area contributed by atoms with Gasteiger partial charge < -0.3 is 5.73 Å². The second-order valence-electron chi connectivity index (χ2n) is 5.06. The van der Waals surface area contributed by atoms with E-state index in [9.17, 15) is 14.4 Å². The molecule has 2 atom stereocenters. The van der Waals surface area contributed by atoms with Gasteiger partial charge in [0.05, 0.1) is 6.04 Å². The van der Waals surface area contributed by atoms with Gasteiger partial charge in [-0.25, -0.2) is 0 Å². The molecule has 1 amide bonds. The Labute approximate surface area is 118 Å². The number of ketones is 2. The molecule has 0 fully saturated rings. The Bertz CT molecular complexity index is 497. The van der Waals surface area contributed by atoms with Crippen LogP contribution in [-0.4, -0.2) is 29.6 Å². The first-order chi connectivity index (χ1) is 9.34. The van der Waals surface area contributed by atoms with Crippen LogP contribution in [0.25, 0.3) is 0 Å². The van der Waals surface area contributed by atoms with Gasteiger partial charge in [-0.2, -0.15) is 0 Å². The highest BCUT2D eigenvalue weighted by Gasteiger charge is 2.30. The lowest BCUT2D eigenvalue weighted by Gasteiger charge is -2.24. The van der Waals surface area contributed by atoms with E-state index in [0.29, 0.717) is 5.56 Å². The van der Waals surface area contributed by atoms with Gasteiger partial charge in [0.15, 0.2) is 11.6 Å². The van der Waals surface area contributed by atoms with Gasteiger partial charge in [-0.3, -0.25) is 19.7 Å². The summed E-state index contributed by atoms with van der Waals surface area (Å²) in [4.78, 5) is 35.4. The number of rotatable bonds is 7. The summed E-state index contributed by atoms with van der Waals surface area (Å²) < 4.78 is 0. The van der Waals surface area contributed by atoms with Crippen LogP contribution in [0, 0.1) is 5.92 Å². The molecular weight excluding hydrogens is 256 g/mol. The van der Waals surface area contributed by atoms with E-state index >= 15 is 0 Å². The molecule has 0 aliphatic heterocycles. The molecule has 20 heavy (non-hydrogen) atoms. The summed E-state index contributed by atoms with van der Waals surface area (Å²) in [5.41, 5.74) is 5.72. The maximum atomic E-state index is 12.3. The monoisotopic (exact) mass is 276 g/mol. The summed E-state index contributed by atoms with van der Waals surface area (Å²) in [7, 11) is 0. The van der Waals surface area contributed by atoms with Gasteiger partial charge in [0.2, 0.25) is 5.91 Å². The summed E-state index contributed by atoms with van der Waals surface area (Å²) in [6, 6.07) is 6.71. The van der Waals surface area contributed by atoms with Gasteiger partial charge in [-0.1, -0.05) is 44.2 Å². The molecule has 0 saturated carbocycles. The van der Waals surface area contributed by atoms with E-state index in [-0.39, 0.29) is 17.5 Å². The molecule has 0 aliphatic rings. The van der Waals surface area contributed by atoms with Crippen molar-refractivity contribution >= 4 is 17.5 Å². The Kier molecular flexibility index (Phi) is 5.58. The van der Waals surface area contributed by atoms with Gasteiger partial charge >= 0.3 is 0 Å². The number of hydrogen-bond acceptors (Lipinski definition) is 4. The number of nitrogens with two attached hydrogens (primary N) is 1.